The maximum absolute atomic E-state index is 3.86. The molecule has 2 rings (SSSR count). The molecule has 1 aliphatic heterocycles. The Morgan fingerprint density at radius 1 is 1.28 bits per heavy atom. The van der Waals surface area contributed by atoms with Crippen LogP contribution in [0.4, 0.5) is 0 Å². The average Bonchev–Trinajstić information content (AvgIpc) is 2.38. The van der Waals surface area contributed by atoms with Crippen molar-refractivity contribution in [3.63, 3.8) is 0 Å². The summed E-state index contributed by atoms with van der Waals surface area (Å²) in [6.45, 7) is 12.2. The van der Waals surface area contributed by atoms with E-state index in [1.54, 1.807) is 0 Å². The molecule has 1 heterocycles. The van der Waals surface area contributed by atoms with Crippen LogP contribution >= 0.6 is 0 Å². The fourth-order valence-electron chi connectivity index (χ4n) is 3.66. The summed E-state index contributed by atoms with van der Waals surface area (Å²) in [7, 11) is 0. The lowest BCUT2D eigenvalue weighted by Crippen LogP contribution is -2.48. The second-order valence-corrected chi connectivity index (χ2v) is 6.67. The summed E-state index contributed by atoms with van der Waals surface area (Å²) in [5.41, 5.74) is 0.660. The van der Waals surface area contributed by atoms with Crippen LogP contribution in [0.15, 0.2) is 0 Å². The van der Waals surface area contributed by atoms with Gasteiger partial charge in [-0.3, -0.25) is 0 Å². The molecule has 2 fully saturated rings. The molecule has 0 radical (unpaired) electrons. The molecule has 18 heavy (non-hydrogen) atoms. The number of nitrogens with zero attached hydrogens (tertiary/aromatic N) is 1. The van der Waals surface area contributed by atoms with Crippen LogP contribution in [0.25, 0.3) is 0 Å². The Kier molecular flexibility index (Phi) is 5.08. The lowest BCUT2D eigenvalue weighted by atomic mass is 9.67. The third-order valence-corrected chi connectivity index (χ3v) is 5.66. The second kappa shape index (κ2) is 6.38. The molecule has 1 saturated carbocycles. The first kappa shape index (κ1) is 14.3. The van der Waals surface area contributed by atoms with E-state index in [2.05, 4.69) is 31.0 Å². The predicted molar refractivity (Wildman–Crippen MR) is 78.9 cm³/mol. The molecule has 0 amide bonds. The van der Waals surface area contributed by atoms with Crippen LogP contribution in [0.1, 0.15) is 59.3 Å². The van der Waals surface area contributed by atoms with Gasteiger partial charge in [0.05, 0.1) is 0 Å². The molecule has 0 aromatic rings. The van der Waals surface area contributed by atoms with Crippen molar-refractivity contribution in [2.45, 2.75) is 65.3 Å². The number of rotatable bonds is 6. The highest BCUT2D eigenvalue weighted by molar-refractivity contribution is 4.90. The van der Waals surface area contributed by atoms with Crippen LogP contribution in [0.3, 0.4) is 0 Å². The molecule has 2 unspecified atom stereocenters. The smallest absolute Gasteiger partial charge is 0.00794 e. The predicted octanol–water partition coefficient (Wildman–Crippen LogP) is 3.28. The zero-order valence-electron chi connectivity index (χ0n) is 12.7. The summed E-state index contributed by atoms with van der Waals surface area (Å²) in [4.78, 5) is 2.62. The number of likely N-dealkylation sites (tertiary alicyclic amines) is 1. The van der Waals surface area contributed by atoms with Crippen molar-refractivity contribution < 1.29 is 0 Å². The van der Waals surface area contributed by atoms with Crippen LogP contribution in [0.5, 0.6) is 0 Å². The molecule has 106 valence electrons. The average molecular weight is 252 g/mol. The van der Waals surface area contributed by atoms with E-state index in [4.69, 9.17) is 0 Å². The molecule has 2 heteroatoms. The van der Waals surface area contributed by atoms with E-state index in [1.165, 1.54) is 64.7 Å². The fraction of sp³-hybridized carbons (Fsp3) is 1.00. The van der Waals surface area contributed by atoms with Gasteiger partial charge in [-0.1, -0.05) is 20.3 Å². The van der Waals surface area contributed by atoms with Gasteiger partial charge in [0.2, 0.25) is 0 Å². The van der Waals surface area contributed by atoms with E-state index in [0.717, 1.165) is 5.92 Å². The van der Waals surface area contributed by atoms with Crippen molar-refractivity contribution in [2.75, 3.05) is 26.2 Å². The zero-order valence-corrected chi connectivity index (χ0v) is 12.7. The van der Waals surface area contributed by atoms with Gasteiger partial charge in [-0.05, 0) is 63.5 Å². The molecule has 2 nitrogen and oxygen atoms in total. The third kappa shape index (κ3) is 3.27. The first-order chi connectivity index (χ1) is 8.69. The van der Waals surface area contributed by atoms with Crippen LogP contribution in [-0.2, 0) is 0 Å². The van der Waals surface area contributed by atoms with E-state index in [1.807, 2.05) is 0 Å². The molecule has 1 aliphatic carbocycles. The molecular formula is C16H32N2. The monoisotopic (exact) mass is 252 g/mol. The SMILES string of the molecule is CCN1CCCC(C(C)NCC2(CC)CCC2)C1. The highest BCUT2D eigenvalue weighted by Crippen LogP contribution is 2.43. The Labute approximate surface area is 114 Å². The third-order valence-electron chi connectivity index (χ3n) is 5.66. The van der Waals surface area contributed by atoms with Gasteiger partial charge in [0.1, 0.15) is 0 Å². The summed E-state index contributed by atoms with van der Waals surface area (Å²) in [6, 6.07) is 0.698. The van der Waals surface area contributed by atoms with Crippen molar-refractivity contribution in [1.29, 1.82) is 0 Å². The van der Waals surface area contributed by atoms with E-state index in [0.29, 0.717) is 11.5 Å². The molecule has 2 atom stereocenters. The number of piperidine rings is 1. The van der Waals surface area contributed by atoms with E-state index < -0.39 is 0 Å². The fourth-order valence-corrected chi connectivity index (χ4v) is 3.66. The summed E-state index contributed by atoms with van der Waals surface area (Å²) in [5.74, 6) is 0.868. The quantitative estimate of drug-likeness (QED) is 0.780. The molecule has 0 aromatic carbocycles. The van der Waals surface area contributed by atoms with Gasteiger partial charge in [0, 0.05) is 19.1 Å². The second-order valence-electron chi connectivity index (χ2n) is 6.67. The van der Waals surface area contributed by atoms with Gasteiger partial charge in [0.25, 0.3) is 0 Å². The number of nitrogens with one attached hydrogen (secondary N) is 1. The van der Waals surface area contributed by atoms with Crippen LogP contribution in [0, 0.1) is 11.3 Å². The molecular weight excluding hydrogens is 220 g/mol. The van der Waals surface area contributed by atoms with Gasteiger partial charge >= 0.3 is 0 Å². The van der Waals surface area contributed by atoms with Crippen molar-refractivity contribution in [2.24, 2.45) is 11.3 Å². The lowest BCUT2D eigenvalue weighted by molar-refractivity contribution is 0.103. The maximum Gasteiger partial charge on any atom is 0.00794 e. The summed E-state index contributed by atoms with van der Waals surface area (Å²) >= 11 is 0. The maximum atomic E-state index is 3.86. The van der Waals surface area contributed by atoms with Crippen LogP contribution in [-0.4, -0.2) is 37.1 Å². The first-order valence-corrected chi connectivity index (χ1v) is 8.15. The Morgan fingerprint density at radius 2 is 2.06 bits per heavy atom. The summed E-state index contributed by atoms with van der Waals surface area (Å²) in [5, 5.41) is 3.86. The molecule has 1 N–H and O–H groups in total. The minimum atomic E-state index is 0.660. The van der Waals surface area contributed by atoms with Crippen molar-refractivity contribution in [1.82, 2.24) is 10.2 Å². The van der Waals surface area contributed by atoms with Gasteiger partial charge in [-0.2, -0.15) is 0 Å². The molecule has 0 bridgehead atoms. The Balaban J connectivity index is 1.75. The van der Waals surface area contributed by atoms with Crippen LogP contribution in [0.2, 0.25) is 0 Å². The van der Waals surface area contributed by atoms with Crippen LogP contribution < -0.4 is 5.32 Å². The van der Waals surface area contributed by atoms with Gasteiger partial charge in [-0.15, -0.1) is 0 Å². The zero-order chi connectivity index (χ0) is 13.0. The van der Waals surface area contributed by atoms with Gasteiger partial charge in [-0.25, -0.2) is 0 Å². The van der Waals surface area contributed by atoms with E-state index in [-0.39, 0.29) is 0 Å². The number of hydrogen-bond acceptors (Lipinski definition) is 2. The molecule has 0 spiro atoms. The Hall–Kier alpha value is -0.0800. The molecule has 1 saturated heterocycles. The summed E-state index contributed by atoms with van der Waals surface area (Å²) in [6.07, 6.45) is 8.53. The lowest BCUT2D eigenvalue weighted by Gasteiger charge is -2.43. The van der Waals surface area contributed by atoms with Crippen molar-refractivity contribution >= 4 is 0 Å². The van der Waals surface area contributed by atoms with Crippen molar-refractivity contribution in [3.8, 4) is 0 Å². The van der Waals surface area contributed by atoms with Gasteiger partial charge in [0.15, 0.2) is 0 Å². The summed E-state index contributed by atoms with van der Waals surface area (Å²) < 4.78 is 0. The largest absolute Gasteiger partial charge is 0.313 e. The molecule has 2 aliphatic rings. The number of hydrogen-bond donors (Lipinski definition) is 1. The van der Waals surface area contributed by atoms with E-state index >= 15 is 0 Å². The highest BCUT2D eigenvalue weighted by Gasteiger charge is 2.35. The highest BCUT2D eigenvalue weighted by atomic mass is 15.1. The van der Waals surface area contributed by atoms with Crippen molar-refractivity contribution in [3.05, 3.63) is 0 Å². The minimum Gasteiger partial charge on any atom is -0.313 e. The van der Waals surface area contributed by atoms with E-state index in [9.17, 15) is 0 Å². The normalized spacial score (nSPS) is 29.8. The minimum absolute atomic E-state index is 0.660. The van der Waals surface area contributed by atoms with Gasteiger partial charge < -0.3 is 10.2 Å². The standard InChI is InChI=1S/C16H32N2/c1-4-16(9-7-10-16)13-17-14(3)15-8-6-11-18(5-2)12-15/h14-15,17H,4-13H2,1-3H3. The Morgan fingerprint density at radius 3 is 2.61 bits per heavy atom. The Bertz CT molecular complexity index is 242. The molecule has 0 aromatic heterocycles. The first-order valence-electron chi connectivity index (χ1n) is 8.15. The topological polar surface area (TPSA) is 15.3 Å².